The van der Waals surface area contributed by atoms with E-state index in [-0.39, 0.29) is 18.4 Å². The number of thiophene rings is 1. The van der Waals surface area contributed by atoms with Crippen LogP contribution in [0.3, 0.4) is 0 Å². The topological polar surface area (TPSA) is 49.4 Å². The van der Waals surface area contributed by atoms with Crippen LogP contribution in [0.15, 0.2) is 15.9 Å². The minimum atomic E-state index is -0.417. The molecule has 2 amide bonds. The maximum atomic E-state index is 11.8. The summed E-state index contributed by atoms with van der Waals surface area (Å²) >= 11 is 4.99. The molecule has 0 aromatic carbocycles. The van der Waals surface area contributed by atoms with E-state index < -0.39 is 6.04 Å². The van der Waals surface area contributed by atoms with Gasteiger partial charge in [-0.15, -0.1) is 11.3 Å². The van der Waals surface area contributed by atoms with Crippen LogP contribution < -0.4 is 5.32 Å². The number of hydrogen-bond donors (Lipinski definition) is 1. The molecule has 1 fully saturated rings. The molecule has 1 atom stereocenters. The Hall–Kier alpha value is -0.880. The molecule has 2 rings (SSSR count). The van der Waals surface area contributed by atoms with Crippen molar-refractivity contribution in [3.05, 3.63) is 20.8 Å². The number of carbonyl (C=O) groups is 2. The van der Waals surface area contributed by atoms with Gasteiger partial charge in [0.2, 0.25) is 11.8 Å². The Morgan fingerprint density at radius 3 is 3.00 bits per heavy atom. The largest absolute Gasteiger partial charge is 0.343 e. The van der Waals surface area contributed by atoms with Crippen LogP contribution in [0.1, 0.15) is 11.8 Å². The third-order valence-corrected chi connectivity index (χ3v) is 4.33. The summed E-state index contributed by atoms with van der Waals surface area (Å²) in [4.78, 5) is 25.8. The predicted octanol–water partition coefficient (Wildman–Crippen LogP) is 1.36. The molecule has 1 unspecified atom stereocenters. The van der Waals surface area contributed by atoms with Crippen LogP contribution in [0.5, 0.6) is 0 Å². The lowest BCUT2D eigenvalue weighted by molar-refractivity contribution is -0.144. The molecule has 0 spiro atoms. The second kappa shape index (κ2) is 4.55. The van der Waals surface area contributed by atoms with E-state index in [1.165, 1.54) is 0 Å². The van der Waals surface area contributed by atoms with Crippen LogP contribution in [-0.2, 0) is 16.1 Å². The molecule has 1 N–H and O–H groups in total. The fourth-order valence-electron chi connectivity index (χ4n) is 1.62. The van der Waals surface area contributed by atoms with E-state index in [4.69, 9.17) is 0 Å². The lowest BCUT2D eigenvalue weighted by Gasteiger charge is -2.30. The summed E-state index contributed by atoms with van der Waals surface area (Å²) in [5.74, 6) is -0.125. The van der Waals surface area contributed by atoms with Gasteiger partial charge in [-0.3, -0.25) is 9.59 Å². The van der Waals surface area contributed by atoms with Crippen LogP contribution in [0, 0.1) is 0 Å². The van der Waals surface area contributed by atoms with Gasteiger partial charge in [0.15, 0.2) is 0 Å². The Kier molecular flexibility index (Phi) is 3.30. The SMILES string of the molecule is CC1NC(=O)CN(Cc2sccc2Br)C1=O. The highest BCUT2D eigenvalue weighted by molar-refractivity contribution is 9.10. The van der Waals surface area contributed by atoms with Crippen LogP contribution in [0.4, 0.5) is 0 Å². The van der Waals surface area contributed by atoms with E-state index in [0.29, 0.717) is 6.54 Å². The van der Waals surface area contributed by atoms with Crippen molar-refractivity contribution in [2.24, 2.45) is 0 Å². The third-order valence-electron chi connectivity index (χ3n) is 2.42. The summed E-state index contributed by atoms with van der Waals surface area (Å²) in [6.45, 7) is 2.35. The summed E-state index contributed by atoms with van der Waals surface area (Å²) < 4.78 is 0.990. The Balaban J connectivity index is 2.12. The number of halogens is 1. The third kappa shape index (κ3) is 2.27. The molecule has 1 aliphatic rings. The van der Waals surface area contributed by atoms with Crippen LogP contribution in [-0.4, -0.2) is 29.3 Å². The van der Waals surface area contributed by atoms with E-state index in [1.807, 2.05) is 11.4 Å². The van der Waals surface area contributed by atoms with Crippen molar-refractivity contribution < 1.29 is 9.59 Å². The number of carbonyl (C=O) groups excluding carboxylic acids is 2. The minimum absolute atomic E-state index is 0.0279. The summed E-state index contributed by atoms with van der Waals surface area (Å²) in [6.07, 6.45) is 0. The van der Waals surface area contributed by atoms with E-state index in [9.17, 15) is 9.59 Å². The quantitative estimate of drug-likeness (QED) is 0.897. The molecule has 1 saturated heterocycles. The lowest BCUT2D eigenvalue weighted by Crippen LogP contribution is -2.56. The Morgan fingerprint density at radius 1 is 1.62 bits per heavy atom. The first kappa shape index (κ1) is 11.6. The number of amides is 2. The van der Waals surface area contributed by atoms with Gasteiger partial charge < -0.3 is 10.2 Å². The summed E-state index contributed by atoms with van der Waals surface area (Å²) in [6, 6.07) is 1.53. The molecular weight excluding hydrogens is 292 g/mol. The second-order valence-electron chi connectivity index (χ2n) is 3.68. The van der Waals surface area contributed by atoms with Gasteiger partial charge in [-0.2, -0.15) is 0 Å². The Bertz CT molecular complexity index is 432. The number of nitrogens with zero attached hydrogens (tertiary/aromatic N) is 1. The maximum Gasteiger partial charge on any atom is 0.245 e. The Morgan fingerprint density at radius 2 is 2.38 bits per heavy atom. The van der Waals surface area contributed by atoms with Crippen molar-refractivity contribution in [2.45, 2.75) is 19.5 Å². The van der Waals surface area contributed by atoms with E-state index >= 15 is 0 Å². The standard InChI is InChI=1S/C10H11BrN2O2S/c1-6-10(15)13(5-9(14)12-6)4-8-7(11)2-3-16-8/h2-3,6H,4-5H2,1H3,(H,12,14). The fourth-order valence-corrected chi connectivity index (χ4v) is 3.11. The van der Waals surface area contributed by atoms with Crippen molar-refractivity contribution in [3.63, 3.8) is 0 Å². The maximum absolute atomic E-state index is 11.8. The van der Waals surface area contributed by atoms with Gasteiger partial charge in [0.1, 0.15) is 6.04 Å². The number of hydrogen-bond acceptors (Lipinski definition) is 3. The fraction of sp³-hybridized carbons (Fsp3) is 0.400. The van der Waals surface area contributed by atoms with Gasteiger partial charge in [0.25, 0.3) is 0 Å². The number of piperazine rings is 1. The zero-order chi connectivity index (χ0) is 11.7. The van der Waals surface area contributed by atoms with Crippen molar-refractivity contribution in [2.75, 3.05) is 6.54 Å². The molecular formula is C10H11BrN2O2S. The normalized spacial score (nSPS) is 21.1. The zero-order valence-electron chi connectivity index (χ0n) is 8.70. The van der Waals surface area contributed by atoms with Gasteiger partial charge in [0, 0.05) is 9.35 Å². The summed E-state index contributed by atoms with van der Waals surface area (Å²) in [7, 11) is 0. The van der Waals surface area contributed by atoms with Crippen molar-refractivity contribution in [1.82, 2.24) is 10.2 Å². The molecule has 4 nitrogen and oxygen atoms in total. The first-order chi connectivity index (χ1) is 7.58. The van der Waals surface area contributed by atoms with Crippen molar-refractivity contribution in [3.8, 4) is 0 Å². The monoisotopic (exact) mass is 302 g/mol. The van der Waals surface area contributed by atoms with Crippen LogP contribution >= 0.6 is 27.3 Å². The molecule has 0 aliphatic carbocycles. The van der Waals surface area contributed by atoms with Gasteiger partial charge in [0.05, 0.1) is 13.1 Å². The minimum Gasteiger partial charge on any atom is -0.343 e. The highest BCUT2D eigenvalue weighted by Crippen LogP contribution is 2.24. The number of nitrogens with one attached hydrogen (secondary N) is 1. The van der Waals surface area contributed by atoms with Crippen molar-refractivity contribution in [1.29, 1.82) is 0 Å². The van der Waals surface area contributed by atoms with Gasteiger partial charge in [-0.25, -0.2) is 0 Å². The van der Waals surface area contributed by atoms with Crippen LogP contribution in [0.25, 0.3) is 0 Å². The molecule has 6 heteroatoms. The highest BCUT2D eigenvalue weighted by Gasteiger charge is 2.29. The first-order valence-electron chi connectivity index (χ1n) is 4.88. The smallest absolute Gasteiger partial charge is 0.245 e. The molecule has 1 aliphatic heterocycles. The summed E-state index contributed by atoms with van der Waals surface area (Å²) in [5, 5.41) is 4.57. The van der Waals surface area contributed by atoms with E-state index in [1.54, 1.807) is 23.2 Å². The summed E-state index contributed by atoms with van der Waals surface area (Å²) in [5.41, 5.74) is 0. The first-order valence-corrected chi connectivity index (χ1v) is 6.55. The van der Waals surface area contributed by atoms with Gasteiger partial charge in [-0.1, -0.05) is 0 Å². The average molecular weight is 303 g/mol. The van der Waals surface area contributed by atoms with Crippen LogP contribution in [0.2, 0.25) is 0 Å². The Labute approximate surface area is 106 Å². The van der Waals surface area contributed by atoms with E-state index in [0.717, 1.165) is 9.35 Å². The number of rotatable bonds is 2. The molecule has 86 valence electrons. The van der Waals surface area contributed by atoms with Gasteiger partial charge in [-0.05, 0) is 34.3 Å². The molecule has 2 heterocycles. The molecule has 0 radical (unpaired) electrons. The molecule has 0 saturated carbocycles. The van der Waals surface area contributed by atoms with Crippen molar-refractivity contribution >= 4 is 39.1 Å². The molecule has 0 bridgehead atoms. The lowest BCUT2D eigenvalue weighted by atomic mass is 10.2. The zero-order valence-corrected chi connectivity index (χ0v) is 11.1. The van der Waals surface area contributed by atoms with Gasteiger partial charge >= 0.3 is 0 Å². The molecule has 1 aromatic heterocycles. The average Bonchev–Trinajstić information content (AvgIpc) is 2.60. The van der Waals surface area contributed by atoms with E-state index in [2.05, 4.69) is 21.2 Å². The molecule has 16 heavy (non-hydrogen) atoms. The predicted molar refractivity (Wildman–Crippen MR) is 65.0 cm³/mol. The highest BCUT2D eigenvalue weighted by atomic mass is 79.9. The molecule has 1 aromatic rings. The second-order valence-corrected chi connectivity index (χ2v) is 5.53.